The first kappa shape index (κ1) is 18.5. The highest BCUT2D eigenvalue weighted by Gasteiger charge is 2.19. The van der Waals surface area contributed by atoms with Crippen molar-refractivity contribution in [2.75, 3.05) is 39.4 Å². The van der Waals surface area contributed by atoms with Crippen molar-refractivity contribution in [1.82, 2.24) is 4.90 Å². The van der Waals surface area contributed by atoms with Gasteiger partial charge < -0.3 is 15.2 Å². The van der Waals surface area contributed by atoms with Gasteiger partial charge in [-0.2, -0.15) is 0 Å². The van der Waals surface area contributed by atoms with Gasteiger partial charge in [0.15, 0.2) is 0 Å². The van der Waals surface area contributed by atoms with Crippen molar-refractivity contribution in [2.24, 2.45) is 5.73 Å². The second kappa shape index (κ2) is 9.49. The number of ether oxygens (including phenoxy) is 2. The van der Waals surface area contributed by atoms with E-state index in [1.165, 1.54) is 0 Å². The van der Waals surface area contributed by atoms with Crippen LogP contribution in [0.2, 0.25) is 5.02 Å². The predicted molar refractivity (Wildman–Crippen MR) is 88.8 cm³/mol. The normalized spacial score (nSPS) is 19.1. The van der Waals surface area contributed by atoms with Crippen molar-refractivity contribution in [1.29, 1.82) is 0 Å². The number of hydrogen-bond donors (Lipinski definition) is 1. The van der Waals surface area contributed by atoms with E-state index in [-0.39, 0.29) is 18.5 Å². The van der Waals surface area contributed by atoms with E-state index in [0.717, 1.165) is 49.0 Å². The molecular weight excluding hydrogens is 311 g/mol. The van der Waals surface area contributed by atoms with Crippen molar-refractivity contribution in [2.45, 2.75) is 19.4 Å². The van der Waals surface area contributed by atoms with Gasteiger partial charge in [-0.25, -0.2) is 0 Å². The summed E-state index contributed by atoms with van der Waals surface area (Å²) in [4.78, 5) is 2.39. The lowest BCUT2D eigenvalue weighted by Crippen LogP contribution is -2.46. The molecule has 1 saturated heterocycles. The summed E-state index contributed by atoms with van der Waals surface area (Å²) < 4.78 is 11.2. The lowest BCUT2D eigenvalue weighted by Gasteiger charge is -2.32. The molecule has 1 aromatic rings. The van der Waals surface area contributed by atoms with Crippen molar-refractivity contribution in [3.63, 3.8) is 0 Å². The molecule has 21 heavy (non-hydrogen) atoms. The summed E-state index contributed by atoms with van der Waals surface area (Å²) in [5, 5.41) is 0.755. The molecule has 0 amide bonds. The van der Waals surface area contributed by atoms with Crippen LogP contribution in [0.25, 0.3) is 0 Å². The van der Waals surface area contributed by atoms with E-state index in [1.807, 2.05) is 25.1 Å². The molecule has 1 aromatic carbocycles. The summed E-state index contributed by atoms with van der Waals surface area (Å²) >= 11 is 6.08. The van der Waals surface area contributed by atoms with Crippen LogP contribution in [0.15, 0.2) is 18.2 Å². The molecule has 0 radical (unpaired) electrons. The van der Waals surface area contributed by atoms with Crippen LogP contribution in [0.3, 0.4) is 0 Å². The molecule has 1 atom stereocenters. The maximum absolute atomic E-state index is 6.08. The average molecular weight is 335 g/mol. The van der Waals surface area contributed by atoms with Gasteiger partial charge in [0.2, 0.25) is 0 Å². The van der Waals surface area contributed by atoms with Gasteiger partial charge in [0.05, 0.1) is 19.3 Å². The zero-order valence-electron chi connectivity index (χ0n) is 12.4. The standard InChI is InChI=1S/C15H23ClN2O2.ClH/c1-2-19-15-4-3-13(16)9-12(15)5-6-18-7-8-20-14(10-17)11-18;/h3-4,9,14H,2,5-8,10-11,17H2,1H3;1H/t14-;/m0./s1. The molecule has 2 N–H and O–H groups in total. The molecule has 120 valence electrons. The molecule has 6 heteroatoms. The zero-order valence-corrected chi connectivity index (χ0v) is 14.0. The Morgan fingerprint density at radius 2 is 2.29 bits per heavy atom. The first-order chi connectivity index (χ1) is 9.72. The zero-order chi connectivity index (χ0) is 14.4. The molecular formula is C15H24Cl2N2O2. The second-order valence-electron chi connectivity index (χ2n) is 4.96. The number of nitrogens with two attached hydrogens (primary N) is 1. The summed E-state index contributed by atoms with van der Waals surface area (Å²) in [6.07, 6.45) is 1.09. The Morgan fingerprint density at radius 1 is 1.48 bits per heavy atom. The number of rotatable bonds is 6. The maximum atomic E-state index is 6.08. The van der Waals surface area contributed by atoms with E-state index in [1.54, 1.807) is 0 Å². The van der Waals surface area contributed by atoms with Gasteiger partial charge in [0.25, 0.3) is 0 Å². The van der Waals surface area contributed by atoms with E-state index in [2.05, 4.69) is 4.90 Å². The second-order valence-corrected chi connectivity index (χ2v) is 5.40. The van der Waals surface area contributed by atoms with Gasteiger partial charge in [-0.15, -0.1) is 12.4 Å². The number of benzene rings is 1. The van der Waals surface area contributed by atoms with Gasteiger partial charge >= 0.3 is 0 Å². The lowest BCUT2D eigenvalue weighted by atomic mass is 10.1. The van der Waals surface area contributed by atoms with Crippen molar-refractivity contribution < 1.29 is 9.47 Å². The van der Waals surface area contributed by atoms with Crippen LogP contribution < -0.4 is 10.5 Å². The molecule has 0 bridgehead atoms. The maximum Gasteiger partial charge on any atom is 0.122 e. The van der Waals surface area contributed by atoms with Crippen LogP contribution in [0.5, 0.6) is 5.75 Å². The highest BCUT2D eigenvalue weighted by Crippen LogP contribution is 2.24. The topological polar surface area (TPSA) is 47.7 Å². The molecule has 2 rings (SSSR count). The van der Waals surface area contributed by atoms with Gasteiger partial charge in [-0.3, -0.25) is 4.90 Å². The Labute approximate surface area is 137 Å². The van der Waals surface area contributed by atoms with Crippen molar-refractivity contribution in [3.05, 3.63) is 28.8 Å². The highest BCUT2D eigenvalue weighted by atomic mass is 35.5. The Bertz CT molecular complexity index is 432. The Morgan fingerprint density at radius 3 is 3.00 bits per heavy atom. The summed E-state index contributed by atoms with van der Waals surface area (Å²) in [6.45, 7) is 6.84. The highest BCUT2D eigenvalue weighted by molar-refractivity contribution is 6.30. The van der Waals surface area contributed by atoms with Crippen LogP contribution in [-0.4, -0.2) is 50.4 Å². The summed E-state index contributed by atoms with van der Waals surface area (Å²) in [7, 11) is 0. The molecule has 0 spiro atoms. The molecule has 1 fully saturated rings. The molecule has 0 aromatic heterocycles. The number of hydrogen-bond acceptors (Lipinski definition) is 4. The number of nitrogens with zero attached hydrogens (tertiary/aromatic N) is 1. The molecule has 1 aliphatic heterocycles. The van der Waals surface area contributed by atoms with Gasteiger partial charge in [0.1, 0.15) is 5.75 Å². The minimum atomic E-state index is 0. The summed E-state index contributed by atoms with van der Waals surface area (Å²) in [5.41, 5.74) is 6.83. The van der Waals surface area contributed by atoms with E-state index in [9.17, 15) is 0 Å². The van der Waals surface area contributed by atoms with Crippen LogP contribution >= 0.6 is 24.0 Å². The van der Waals surface area contributed by atoms with Gasteiger partial charge in [-0.1, -0.05) is 11.6 Å². The Kier molecular flexibility index (Phi) is 8.37. The van der Waals surface area contributed by atoms with Gasteiger partial charge in [0, 0.05) is 31.2 Å². The van der Waals surface area contributed by atoms with E-state index in [0.29, 0.717) is 13.2 Å². The predicted octanol–water partition coefficient (Wildman–Crippen LogP) is 2.36. The lowest BCUT2D eigenvalue weighted by molar-refractivity contribution is -0.0226. The molecule has 0 aliphatic carbocycles. The molecule has 1 aliphatic rings. The number of halogens is 2. The molecule has 0 unspecified atom stereocenters. The first-order valence-corrected chi connectivity index (χ1v) is 7.56. The Hall–Kier alpha value is -0.520. The van der Waals surface area contributed by atoms with E-state index < -0.39 is 0 Å². The minimum absolute atomic E-state index is 0. The Balaban J connectivity index is 0.00000220. The summed E-state index contributed by atoms with van der Waals surface area (Å²) in [6, 6.07) is 5.81. The third kappa shape index (κ3) is 5.64. The average Bonchev–Trinajstić information content (AvgIpc) is 2.48. The fraction of sp³-hybridized carbons (Fsp3) is 0.600. The largest absolute Gasteiger partial charge is 0.494 e. The third-order valence-corrected chi connectivity index (χ3v) is 3.74. The van der Waals surface area contributed by atoms with Crippen LogP contribution in [0, 0.1) is 0 Å². The van der Waals surface area contributed by atoms with Crippen molar-refractivity contribution in [3.8, 4) is 5.75 Å². The summed E-state index contributed by atoms with van der Waals surface area (Å²) in [5.74, 6) is 0.931. The molecule has 1 heterocycles. The van der Waals surface area contributed by atoms with Crippen LogP contribution in [0.1, 0.15) is 12.5 Å². The van der Waals surface area contributed by atoms with E-state index in [4.69, 9.17) is 26.8 Å². The van der Waals surface area contributed by atoms with Gasteiger partial charge in [-0.05, 0) is 37.1 Å². The van der Waals surface area contributed by atoms with E-state index >= 15 is 0 Å². The third-order valence-electron chi connectivity index (χ3n) is 3.51. The fourth-order valence-corrected chi connectivity index (χ4v) is 2.64. The SMILES string of the molecule is CCOc1ccc(Cl)cc1CCN1CCO[C@@H](CN)C1.Cl. The fourth-order valence-electron chi connectivity index (χ4n) is 2.44. The van der Waals surface area contributed by atoms with Crippen LogP contribution in [0.4, 0.5) is 0 Å². The number of morpholine rings is 1. The van der Waals surface area contributed by atoms with Crippen LogP contribution in [-0.2, 0) is 11.2 Å². The van der Waals surface area contributed by atoms with Crippen molar-refractivity contribution >= 4 is 24.0 Å². The monoisotopic (exact) mass is 334 g/mol. The molecule has 4 nitrogen and oxygen atoms in total. The molecule has 0 saturated carbocycles. The minimum Gasteiger partial charge on any atom is -0.494 e. The smallest absolute Gasteiger partial charge is 0.122 e. The first-order valence-electron chi connectivity index (χ1n) is 7.18. The quantitative estimate of drug-likeness (QED) is 0.867.